The molecule has 2 saturated heterocycles. The highest BCUT2D eigenvalue weighted by molar-refractivity contribution is 5.97. The average Bonchev–Trinajstić information content (AvgIpc) is 3.05. The summed E-state index contributed by atoms with van der Waals surface area (Å²) in [5.41, 5.74) is 9.29. The number of hydrogen-bond acceptors (Lipinski definition) is 4. The minimum absolute atomic E-state index is 0.0154. The van der Waals surface area contributed by atoms with E-state index < -0.39 is 0 Å². The fourth-order valence-corrected chi connectivity index (χ4v) is 3.94. The normalized spacial score (nSPS) is 25.3. The van der Waals surface area contributed by atoms with Crippen LogP contribution in [0.15, 0.2) is 18.2 Å². The highest BCUT2D eigenvalue weighted by atomic mass is 16.2. The lowest BCUT2D eigenvalue weighted by Gasteiger charge is -2.34. The van der Waals surface area contributed by atoms with Crippen LogP contribution in [0.5, 0.6) is 0 Å². The van der Waals surface area contributed by atoms with Gasteiger partial charge in [0.15, 0.2) is 0 Å². The van der Waals surface area contributed by atoms with Gasteiger partial charge in [-0.25, -0.2) is 0 Å². The second-order valence-corrected chi connectivity index (χ2v) is 7.60. The molecule has 3 atom stereocenters. The number of unbranched alkanes of at least 4 members (excludes halogenated alkanes) is 1. The maximum absolute atomic E-state index is 12.7. The molecule has 0 bridgehead atoms. The summed E-state index contributed by atoms with van der Waals surface area (Å²) < 4.78 is 0. The first-order valence-corrected chi connectivity index (χ1v) is 9.60. The SMILES string of the molecule is Cc1ccc(C)c(CN[C@H]2C[C@H]3C(=O)N[C@@H](CCCCN)C(=O)N3C2)c1. The summed E-state index contributed by atoms with van der Waals surface area (Å²) in [5.74, 6) is 0.0426. The molecular weight excluding hydrogens is 328 g/mol. The lowest BCUT2D eigenvalue weighted by molar-refractivity contribution is -0.147. The molecule has 0 unspecified atom stereocenters. The molecule has 1 aromatic carbocycles. The molecule has 2 aliphatic heterocycles. The van der Waals surface area contributed by atoms with Crippen LogP contribution in [0.25, 0.3) is 0 Å². The largest absolute Gasteiger partial charge is 0.343 e. The standard InChI is InChI=1S/C20H30N4O2/c1-13-6-7-14(2)15(9-13)11-22-16-10-18-19(25)23-17(5-3-4-8-21)20(26)24(18)12-16/h6-7,9,16-18,22H,3-5,8,10-12,21H2,1-2H3,(H,23,25)/t16-,17-,18-/m0/s1. The first-order chi connectivity index (χ1) is 12.5. The molecule has 2 fully saturated rings. The van der Waals surface area contributed by atoms with Crippen LogP contribution in [0.1, 0.15) is 42.4 Å². The number of piperazine rings is 1. The van der Waals surface area contributed by atoms with E-state index >= 15 is 0 Å². The third-order valence-electron chi connectivity index (χ3n) is 5.53. The summed E-state index contributed by atoms with van der Waals surface area (Å²) in [5, 5.41) is 6.45. The highest BCUT2D eigenvalue weighted by Gasteiger charge is 2.45. The second kappa shape index (κ2) is 8.18. The number of amides is 2. The zero-order chi connectivity index (χ0) is 18.7. The number of rotatable bonds is 7. The summed E-state index contributed by atoms with van der Waals surface area (Å²) in [4.78, 5) is 26.9. The van der Waals surface area contributed by atoms with Gasteiger partial charge in [-0.3, -0.25) is 9.59 Å². The number of carbonyl (C=O) groups is 2. The molecule has 6 heteroatoms. The van der Waals surface area contributed by atoms with Crippen molar-refractivity contribution >= 4 is 11.8 Å². The minimum Gasteiger partial charge on any atom is -0.343 e. The van der Waals surface area contributed by atoms with Crippen LogP contribution in [-0.2, 0) is 16.1 Å². The average molecular weight is 358 g/mol. The Kier molecular flexibility index (Phi) is 5.94. The van der Waals surface area contributed by atoms with E-state index in [1.54, 1.807) is 4.90 Å². The van der Waals surface area contributed by atoms with Crippen molar-refractivity contribution < 1.29 is 9.59 Å². The zero-order valence-corrected chi connectivity index (χ0v) is 15.8. The maximum Gasteiger partial charge on any atom is 0.245 e. The van der Waals surface area contributed by atoms with Crippen LogP contribution in [0.2, 0.25) is 0 Å². The van der Waals surface area contributed by atoms with Crippen LogP contribution in [0, 0.1) is 13.8 Å². The van der Waals surface area contributed by atoms with Gasteiger partial charge in [-0.15, -0.1) is 0 Å². The van der Waals surface area contributed by atoms with E-state index in [-0.39, 0.29) is 29.9 Å². The van der Waals surface area contributed by atoms with E-state index in [1.807, 2.05) is 0 Å². The fraction of sp³-hybridized carbons (Fsp3) is 0.600. The van der Waals surface area contributed by atoms with Gasteiger partial charge in [-0.2, -0.15) is 0 Å². The van der Waals surface area contributed by atoms with Crippen molar-refractivity contribution in [1.29, 1.82) is 0 Å². The summed E-state index contributed by atoms with van der Waals surface area (Å²) in [6.45, 7) is 6.18. The highest BCUT2D eigenvalue weighted by Crippen LogP contribution is 2.24. The van der Waals surface area contributed by atoms with Crippen LogP contribution in [0.4, 0.5) is 0 Å². The lowest BCUT2D eigenvalue weighted by Crippen LogP contribution is -2.61. The van der Waals surface area contributed by atoms with Gasteiger partial charge in [0.25, 0.3) is 0 Å². The number of fused-ring (bicyclic) bond motifs is 1. The number of carbonyl (C=O) groups excluding carboxylic acids is 2. The molecule has 142 valence electrons. The van der Waals surface area contributed by atoms with Gasteiger partial charge in [0.05, 0.1) is 0 Å². The number of nitrogens with two attached hydrogens (primary N) is 1. The van der Waals surface area contributed by atoms with E-state index in [0.717, 1.165) is 19.4 Å². The molecule has 0 radical (unpaired) electrons. The van der Waals surface area contributed by atoms with E-state index in [2.05, 4.69) is 42.7 Å². The van der Waals surface area contributed by atoms with E-state index in [1.165, 1.54) is 16.7 Å². The van der Waals surface area contributed by atoms with Crippen LogP contribution >= 0.6 is 0 Å². The third kappa shape index (κ3) is 4.07. The molecule has 0 spiro atoms. The molecule has 3 rings (SSSR count). The van der Waals surface area contributed by atoms with Crippen molar-refractivity contribution in [1.82, 2.24) is 15.5 Å². The Balaban J connectivity index is 1.58. The lowest BCUT2D eigenvalue weighted by atomic mass is 10.0. The summed E-state index contributed by atoms with van der Waals surface area (Å²) in [7, 11) is 0. The zero-order valence-electron chi connectivity index (χ0n) is 15.8. The van der Waals surface area contributed by atoms with E-state index in [0.29, 0.717) is 25.9 Å². The molecule has 1 aromatic rings. The second-order valence-electron chi connectivity index (χ2n) is 7.60. The summed E-state index contributed by atoms with van der Waals surface area (Å²) in [6.07, 6.45) is 3.09. The van der Waals surface area contributed by atoms with Crippen LogP contribution in [0.3, 0.4) is 0 Å². The third-order valence-corrected chi connectivity index (χ3v) is 5.53. The van der Waals surface area contributed by atoms with E-state index in [4.69, 9.17) is 5.73 Å². The van der Waals surface area contributed by atoms with Crippen molar-refractivity contribution in [3.05, 3.63) is 34.9 Å². The molecule has 2 heterocycles. The number of benzene rings is 1. The van der Waals surface area contributed by atoms with Gasteiger partial charge < -0.3 is 21.3 Å². The van der Waals surface area contributed by atoms with Gasteiger partial charge in [0.2, 0.25) is 11.8 Å². The molecule has 2 amide bonds. The molecule has 0 aromatic heterocycles. The molecule has 4 N–H and O–H groups in total. The smallest absolute Gasteiger partial charge is 0.245 e. The Bertz CT molecular complexity index is 676. The van der Waals surface area contributed by atoms with Crippen molar-refractivity contribution in [2.24, 2.45) is 5.73 Å². The number of hydrogen-bond donors (Lipinski definition) is 3. The van der Waals surface area contributed by atoms with Gasteiger partial charge in [-0.05, 0) is 57.2 Å². The summed E-state index contributed by atoms with van der Waals surface area (Å²) in [6, 6.07) is 5.87. The Labute approximate surface area is 155 Å². The van der Waals surface area contributed by atoms with Crippen LogP contribution < -0.4 is 16.4 Å². The molecule has 2 aliphatic rings. The fourth-order valence-electron chi connectivity index (χ4n) is 3.94. The molecule has 26 heavy (non-hydrogen) atoms. The maximum atomic E-state index is 12.7. The van der Waals surface area contributed by atoms with Crippen molar-refractivity contribution in [2.75, 3.05) is 13.1 Å². The van der Waals surface area contributed by atoms with Crippen molar-refractivity contribution in [3.8, 4) is 0 Å². The molecule has 0 aliphatic carbocycles. The van der Waals surface area contributed by atoms with Gasteiger partial charge in [0.1, 0.15) is 12.1 Å². The monoisotopic (exact) mass is 358 g/mol. The Hall–Kier alpha value is -1.92. The van der Waals surface area contributed by atoms with Gasteiger partial charge in [-0.1, -0.05) is 23.8 Å². The first kappa shape index (κ1) is 18.9. The Morgan fingerprint density at radius 3 is 2.85 bits per heavy atom. The number of nitrogens with zero attached hydrogens (tertiary/aromatic N) is 1. The molecule has 0 saturated carbocycles. The van der Waals surface area contributed by atoms with Crippen molar-refractivity contribution in [2.45, 2.75) is 64.2 Å². The number of aryl methyl sites for hydroxylation is 2. The number of nitrogens with one attached hydrogen (secondary N) is 2. The van der Waals surface area contributed by atoms with Gasteiger partial charge >= 0.3 is 0 Å². The Morgan fingerprint density at radius 2 is 2.08 bits per heavy atom. The topological polar surface area (TPSA) is 87.5 Å². The van der Waals surface area contributed by atoms with Crippen molar-refractivity contribution in [3.63, 3.8) is 0 Å². The molecular formula is C20H30N4O2. The predicted molar refractivity (Wildman–Crippen MR) is 101 cm³/mol. The van der Waals surface area contributed by atoms with Crippen LogP contribution in [-0.4, -0.2) is 47.9 Å². The molecule has 6 nitrogen and oxygen atoms in total. The minimum atomic E-state index is -0.386. The predicted octanol–water partition coefficient (Wildman–Crippen LogP) is 0.990. The van der Waals surface area contributed by atoms with E-state index in [9.17, 15) is 9.59 Å². The Morgan fingerprint density at radius 1 is 1.27 bits per heavy atom. The van der Waals surface area contributed by atoms with Gasteiger partial charge in [0, 0.05) is 19.1 Å². The summed E-state index contributed by atoms with van der Waals surface area (Å²) >= 11 is 0. The quantitative estimate of drug-likeness (QED) is 0.635. The first-order valence-electron chi connectivity index (χ1n) is 9.60.